The maximum absolute atomic E-state index is 5.80. The summed E-state index contributed by atoms with van der Waals surface area (Å²) < 4.78 is 5.80. The molecule has 0 spiro atoms. The van der Waals surface area contributed by atoms with Crippen molar-refractivity contribution in [1.82, 2.24) is 15.3 Å². The lowest BCUT2D eigenvalue weighted by atomic mass is 10.2. The number of ether oxygens (including phenoxy) is 1. The van der Waals surface area contributed by atoms with Gasteiger partial charge in [-0.15, -0.1) is 0 Å². The third-order valence-electron chi connectivity index (χ3n) is 3.24. The minimum Gasteiger partial charge on any atom is -0.376 e. The van der Waals surface area contributed by atoms with Gasteiger partial charge in [-0.3, -0.25) is 0 Å². The van der Waals surface area contributed by atoms with Crippen LogP contribution in [0.25, 0.3) is 0 Å². The van der Waals surface area contributed by atoms with Crippen LogP contribution in [0.15, 0.2) is 12.5 Å². The van der Waals surface area contributed by atoms with Gasteiger partial charge in [0.05, 0.1) is 6.10 Å². The molecule has 5 nitrogen and oxygen atoms in total. The number of nitrogens with one attached hydrogen (secondary N) is 1. The van der Waals surface area contributed by atoms with Crippen molar-refractivity contribution in [2.75, 3.05) is 31.6 Å². The van der Waals surface area contributed by atoms with Crippen LogP contribution in [0, 0.1) is 0 Å². The Morgan fingerprint density at radius 2 is 2.44 bits per heavy atom. The second-order valence-electron chi connectivity index (χ2n) is 4.60. The molecule has 18 heavy (non-hydrogen) atoms. The van der Waals surface area contributed by atoms with E-state index in [2.05, 4.69) is 27.1 Å². The summed E-state index contributed by atoms with van der Waals surface area (Å²) in [6.45, 7) is 5.74. The van der Waals surface area contributed by atoms with Gasteiger partial charge in [0.15, 0.2) is 0 Å². The zero-order valence-corrected chi connectivity index (χ0v) is 11.2. The summed E-state index contributed by atoms with van der Waals surface area (Å²) in [5.41, 5.74) is 1.15. The van der Waals surface area contributed by atoms with E-state index in [9.17, 15) is 0 Å². The lowest BCUT2D eigenvalue weighted by Crippen LogP contribution is -2.33. The Bertz CT molecular complexity index is 372. The summed E-state index contributed by atoms with van der Waals surface area (Å²) in [7, 11) is 1.94. The van der Waals surface area contributed by atoms with Gasteiger partial charge < -0.3 is 15.0 Å². The van der Waals surface area contributed by atoms with Crippen LogP contribution in [0.5, 0.6) is 0 Å². The molecule has 1 unspecified atom stereocenters. The number of nitrogens with zero attached hydrogens (tertiary/aromatic N) is 3. The molecule has 1 aromatic rings. The van der Waals surface area contributed by atoms with Gasteiger partial charge in [-0.2, -0.15) is 0 Å². The van der Waals surface area contributed by atoms with E-state index < -0.39 is 0 Å². The fourth-order valence-electron chi connectivity index (χ4n) is 2.29. The molecule has 2 heterocycles. The largest absolute Gasteiger partial charge is 0.376 e. The molecule has 1 aliphatic heterocycles. The third kappa shape index (κ3) is 3.17. The van der Waals surface area contributed by atoms with E-state index in [4.69, 9.17) is 4.74 Å². The third-order valence-corrected chi connectivity index (χ3v) is 3.24. The summed E-state index contributed by atoms with van der Waals surface area (Å²) >= 11 is 0. The molecule has 1 atom stereocenters. The minimum atomic E-state index is 0.310. The smallest absolute Gasteiger partial charge is 0.136 e. The first-order chi connectivity index (χ1) is 8.85. The van der Waals surface area contributed by atoms with Crippen LogP contribution in [0.2, 0.25) is 0 Å². The van der Waals surface area contributed by atoms with Crippen molar-refractivity contribution in [3.05, 3.63) is 18.1 Å². The van der Waals surface area contributed by atoms with Gasteiger partial charge in [0, 0.05) is 38.0 Å². The first-order valence-electron chi connectivity index (χ1n) is 6.65. The maximum atomic E-state index is 5.80. The van der Waals surface area contributed by atoms with Crippen LogP contribution in [0.1, 0.15) is 25.3 Å². The van der Waals surface area contributed by atoms with E-state index in [1.165, 1.54) is 0 Å². The van der Waals surface area contributed by atoms with Crippen molar-refractivity contribution < 1.29 is 4.74 Å². The molecule has 1 N–H and O–H groups in total. The van der Waals surface area contributed by atoms with Crippen molar-refractivity contribution in [3.8, 4) is 0 Å². The lowest BCUT2D eigenvalue weighted by molar-refractivity contribution is 0.0664. The van der Waals surface area contributed by atoms with Gasteiger partial charge in [0.25, 0.3) is 0 Å². The monoisotopic (exact) mass is 250 g/mol. The first-order valence-corrected chi connectivity index (χ1v) is 6.65. The van der Waals surface area contributed by atoms with E-state index in [0.717, 1.165) is 50.5 Å². The van der Waals surface area contributed by atoms with Crippen LogP contribution in [0.3, 0.4) is 0 Å². The van der Waals surface area contributed by atoms with Crippen LogP contribution in [-0.2, 0) is 11.3 Å². The summed E-state index contributed by atoms with van der Waals surface area (Å²) in [5, 5.41) is 3.17. The highest BCUT2D eigenvalue weighted by Crippen LogP contribution is 2.20. The van der Waals surface area contributed by atoms with Crippen molar-refractivity contribution in [3.63, 3.8) is 0 Å². The molecule has 2 rings (SSSR count). The molecule has 1 aromatic heterocycles. The van der Waals surface area contributed by atoms with Crippen molar-refractivity contribution in [2.45, 2.75) is 32.4 Å². The zero-order valence-electron chi connectivity index (χ0n) is 11.2. The number of hydrogen-bond donors (Lipinski definition) is 1. The molecule has 0 bridgehead atoms. The Morgan fingerprint density at radius 1 is 1.56 bits per heavy atom. The number of anilines is 1. The highest BCUT2D eigenvalue weighted by molar-refractivity contribution is 5.45. The number of aromatic nitrogens is 2. The van der Waals surface area contributed by atoms with E-state index in [1.807, 2.05) is 13.2 Å². The molecular formula is C13H22N4O. The highest BCUT2D eigenvalue weighted by Gasteiger charge is 2.20. The SMILES string of the molecule is CCC1CN(c2ncncc2CNC)CCCO1. The average Bonchev–Trinajstić information content (AvgIpc) is 2.65. The van der Waals surface area contributed by atoms with Gasteiger partial charge in [-0.05, 0) is 19.9 Å². The summed E-state index contributed by atoms with van der Waals surface area (Å²) in [6, 6.07) is 0. The fraction of sp³-hybridized carbons (Fsp3) is 0.692. The van der Waals surface area contributed by atoms with Crippen LogP contribution in [0.4, 0.5) is 5.82 Å². The summed E-state index contributed by atoms with van der Waals surface area (Å²) in [5.74, 6) is 1.04. The van der Waals surface area contributed by atoms with Crippen LogP contribution in [-0.4, -0.2) is 42.8 Å². The molecule has 1 aliphatic rings. The predicted molar refractivity (Wildman–Crippen MR) is 71.7 cm³/mol. The van der Waals surface area contributed by atoms with E-state index >= 15 is 0 Å². The molecule has 1 fully saturated rings. The minimum absolute atomic E-state index is 0.310. The molecule has 0 aromatic carbocycles. The maximum Gasteiger partial charge on any atom is 0.136 e. The molecule has 1 saturated heterocycles. The molecule has 5 heteroatoms. The Morgan fingerprint density at radius 3 is 3.22 bits per heavy atom. The quantitative estimate of drug-likeness (QED) is 0.870. The Balaban J connectivity index is 2.17. The summed E-state index contributed by atoms with van der Waals surface area (Å²) in [4.78, 5) is 10.9. The zero-order chi connectivity index (χ0) is 12.8. The molecule has 0 saturated carbocycles. The highest BCUT2D eigenvalue weighted by atomic mass is 16.5. The summed E-state index contributed by atoms with van der Waals surface area (Å²) in [6.07, 6.45) is 5.93. The second kappa shape index (κ2) is 6.66. The fourth-order valence-corrected chi connectivity index (χ4v) is 2.29. The van der Waals surface area contributed by atoms with Gasteiger partial charge in [0.2, 0.25) is 0 Å². The van der Waals surface area contributed by atoms with E-state index in [-0.39, 0.29) is 0 Å². The van der Waals surface area contributed by atoms with Crippen LogP contribution < -0.4 is 10.2 Å². The average molecular weight is 250 g/mol. The molecule has 0 aliphatic carbocycles. The van der Waals surface area contributed by atoms with E-state index in [1.54, 1.807) is 6.33 Å². The van der Waals surface area contributed by atoms with E-state index in [0.29, 0.717) is 6.10 Å². The molecule has 0 amide bonds. The molecular weight excluding hydrogens is 228 g/mol. The van der Waals surface area contributed by atoms with Crippen molar-refractivity contribution >= 4 is 5.82 Å². The first kappa shape index (κ1) is 13.2. The molecule has 0 radical (unpaired) electrons. The Labute approximate surface area is 109 Å². The lowest BCUT2D eigenvalue weighted by Gasteiger charge is -2.26. The van der Waals surface area contributed by atoms with Crippen LogP contribution >= 0.6 is 0 Å². The standard InChI is InChI=1S/C13H22N4O/c1-3-12-9-17(5-4-6-18-12)13-11(7-14-2)8-15-10-16-13/h8,10,12,14H,3-7,9H2,1-2H3. The number of hydrogen-bond acceptors (Lipinski definition) is 5. The van der Waals surface area contributed by atoms with Gasteiger partial charge in [-0.1, -0.05) is 6.92 Å². The predicted octanol–water partition coefficient (Wildman–Crippen LogP) is 1.20. The molecule has 100 valence electrons. The van der Waals surface area contributed by atoms with Gasteiger partial charge >= 0.3 is 0 Å². The Hall–Kier alpha value is -1.20. The van der Waals surface area contributed by atoms with Crippen molar-refractivity contribution in [2.24, 2.45) is 0 Å². The second-order valence-corrected chi connectivity index (χ2v) is 4.60. The Kier molecular flexibility index (Phi) is 4.90. The van der Waals surface area contributed by atoms with Gasteiger partial charge in [0.1, 0.15) is 12.1 Å². The van der Waals surface area contributed by atoms with Crippen molar-refractivity contribution in [1.29, 1.82) is 0 Å². The normalized spacial score (nSPS) is 20.8. The number of rotatable bonds is 4. The topological polar surface area (TPSA) is 50.3 Å². The van der Waals surface area contributed by atoms with Gasteiger partial charge in [-0.25, -0.2) is 9.97 Å².